The molecule has 1 amide bonds. The van der Waals surface area contributed by atoms with E-state index in [9.17, 15) is 19.7 Å². The van der Waals surface area contributed by atoms with Crippen LogP contribution in [0.5, 0.6) is 0 Å². The molecule has 0 aliphatic heterocycles. The maximum atomic E-state index is 12.1. The number of aromatic amines is 1. The summed E-state index contributed by atoms with van der Waals surface area (Å²) in [7, 11) is 0. The van der Waals surface area contributed by atoms with Gasteiger partial charge in [-0.3, -0.25) is 19.7 Å². The Bertz CT molecular complexity index is 925. The lowest BCUT2D eigenvalue weighted by Gasteiger charge is -2.14. The van der Waals surface area contributed by atoms with Crippen LogP contribution in [-0.2, 0) is 17.6 Å². The number of H-pyrrole nitrogens is 1. The van der Waals surface area contributed by atoms with Gasteiger partial charge in [-0.1, -0.05) is 11.8 Å². The number of nitrogens with one attached hydrogen (secondary N) is 2. The second kappa shape index (κ2) is 7.69. The van der Waals surface area contributed by atoms with E-state index in [1.807, 2.05) is 0 Å². The molecule has 1 aromatic carbocycles. The summed E-state index contributed by atoms with van der Waals surface area (Å²) in [5, 5.41) is 13.9. The summed E-state index contributed by atoms with van der Waals surface area (Å²) in [6.45, 7) is 1.69. The van der Waals surface area contributed by atoms with Gasteiger partial charge in [0.25, 0.3) is 11.2 Å². The monoisotopic (exact) mass is 374 g/mol. The van der Waals surface area contributed by atoms with E-state index in [1.54, 1.807) is 6.92 Å². The number of anilines is 1. The van der Waals surface area contributed by atoms with Gasteiger partial charge in [0, 0.05) is 23.4 Å². The van der Waals surface area contributed by atoms with E-state index in [1.165, 1.54) is 18.2 Å². The van der Waals surface area contributed by atoms with E-state index >= 15 is 0 Å². The quantitative estimate of drug-likeness (QED) is 0.359. The van der Waals surface area contributed by atoms with E-state index in [4.69, 9.17) is 0 Å². The summed E-state index contributed by atoms with van der Waals surface area (Å²) in [4.78, 5) is 41.7. The van der Waals surface area contributed by atoms with Crippen LogP contribution in [0.3, 0.4) is 0 Å². The molecule has 0 spiro atoms. The van der Waals surface area contributed by atoms with Crippen LogP contribution in [0.15, 0.2) is 28.2 Å². The molecule has 26 heavy (non-hydrogen) atoms. The highest BCUT2D eigenvalue weighted by atomic mass is 32.2. The maximum absolute atomic E-state index is 12.1. The van der Waals surface area contributed by atoms with Gasteiger partial charge < -0.3 is 10.3 Å². The average molecular weight is 374 g/mol. The van der Waals surface area contributed by atoms with Crippen molar-refractivity contribution >= 4 is 29.0 Å². The lowest BCUT2D eigenvalue weighted by atomic mass is 9.97. The van der Waals surface area contributed by atoms with Crippen molar-refractivity contribution in [2.24, 2.45) is 0 Å². The first kappa shape index (κ1) is 18.1. The molecule has 0 bridgehead atoms. The number of benzene rings is 1. The summed E-state index contributed by atoms with van der Waals surface area (Å²) < 4.78 is 0. The summed E-state index contributed by atoms with van der Waals surface area (Å²) in [6.07, 6.45) is 3.57. The van der Waals surface area contributed by atoms with Gasteiger partial charge >= 0.3 is 0 Å². The summed E-state index contributed by atoms with van der Waals surface area (Å²) in [5.74, 6) is -0.189. The van der Waals surface area contributed by atoms with Gasteiger partial charge in [0.15, 0.2) is 5.16 Å². The zero-order valence-corrected chi connectivity index (χ0v) is 15.0. The van der Waals surface area contributed by atoms with Crippen LogP contribution in [0.4, 0.5) is 11.4 Å². The van der Waals surface area contributed by atoms with Crippen molar-refractivity contribution in [3.8, 4) is 0 Å². The molecule has 2 N–H and O–H groups in total. The summed E-state index contributed by atoms with van der Waals surface area (Å²) >= 11 is 1.16. The fourth-order valence-corrected chi connectivity index (χ4v) is 3.55. The number of nitrogens with zero attached hydrogens (tertiary/aromatic N) is 2. The SMILES string of the molecule is Cc1cc([N+](=O)[O-])ccc1NC(=O)CSc1nc2c(c(=O)[nH]1)CCCC2. The maximum Gasteiger partial charge on any atom is 0.269 e. The first-order chi connectivity index (χ1) is 12.4. The summed E-state index contributed by atoms with van der Waals surface area (Å²) in [5.41, 5.74) is 2.57. The molecular weight excluding hydrogens is 356 g/mol. The second-order valence-corrected chi connectivity index (χ2v) is 7.06. The van der Waals surface area contributed by atoms with Crippen molar-refractivity contribution in [3.05, 3.63) is 55.5 Å². The predicted molar refractivity (Wildman–Crippen MR) is 98.7 cm³/mol. The molecule has 0 saturated carbocycles. The van der Waals surface area contributed by atoms with Gasteiger partial charge in [-0.25, -0.2) is 4.98 Å². The van der Waals surface area contributed by atoms with E-state index in [2.05, 4.69) is 15.3 Å². The second-order valence-electron chi connectivity index (χ2n) is 6.10. The number of aromatic nitrogens is 2. The molecule has 0 radical (unpaired) electrons. The molecule has 136 valence electrons. The third-order valence-electron chi connectivity index (χ3n) is 4.20. The largest absolute Gasteiger partial charge is 0.325 e. The van der Waals surface area contributed by atoms with Crippen molar-refractivity contribution in [2.45, 2.75) is 37.8 Å². The molecule has 9 heteroatoms. The zero-order valence-electron chi connectivity index (χ0n) is 14.2. The number of thioether (sulfide) groups is 1. The van der Waals surface area contributed by atoms with Crippen LogP contribution >= 0.6 is 11.8 Å². The van der Waals surface area contributed by atoms with Crippen molar-refractivity contribution < 1.29 is 9.72 Å². The number of hydrogen-bond acceptors (Lipinski definition) is 6. The van der Waals surface area contributed by atoms with E-state index in [-0.39, 0.29) is 22.9 Å². The molecule has 0 unspecified atom stereocenters. The van der Waals surface area contributed by atoms with Crippen LogP contribution in [0.25, 0.3) is 0 Å². The Morgan fingerprint density at radius 2 is 2.15 bits per heavy atom. The van der Waals surface area contributed by atoms with Crippen molar-refractivity contribution in [2.75, 3.05) is 11.1 Å². The first-order valence-electron chi connectivity index (χ1n) is 8.24. The number of carbonyl (C=O) groups is 1. The molecule has 1 aromatic heterocycles. The molecule has 2 aromatic rings. The van der Waals surface area contributed by atoms with Gasteiger partial charge in [-0.05, 0) is 44.2 Å². The van der Waals surface area contributed by atoms with E-state index in [0.717, 1.165) is 48.7 Å². The van der Waals surface area contributed by atoms with Crippen LogP contribution in [0.1, 0.15) is 29.7 Å². The molecule has 0 saturated heterocycles. The lowest BCUT2D eigenvalue weighted by Crippen LogP contribution is -2.22. The highest BCUT2D eigenvalue weighted by Gasteiger charge is 2.16. The van der Waals surface area contributed by atoms with Gasteiger partial charge in [-0.15, -0.1) is 0 Å². The smallest absolute Gasteiger partial charge is 0.269 e. The minimum absolute atomic E-state index is 0.0225. The highest BCUT2D eigenvalue weighted by molar-refractivity contribution is 7.99. The van der Waals surface area contributed by atoms with E-state index in [0.29, 0.717) is 16.4 Å². The number of nitro benzene ring substituents is 1. The number of hydrogen-bond donors (Lipinski definition) is 2. The standard InChI is InChI=1S/C17H18N4O4S/c1-10-8-11(21(24)25)6-7-13(10)18-15(22)9-26-17-19-14-5-3-2-4-12(14)16(23)20-17/h6-8H,2-5,9H2,1H3,(H,18,22)(H,19,20,23). The molecular formula is C17H18N4O4S. The average Bonchev–Trinajstić information content (AvgIpc) is 2.61. The lowest BCUT2D eigenvalue weighted by molar-refractivity contribution is -0.384. The molecule has 3 rings (SSSR count). The molecule has 8 nitrogen and oxygen atoms in total. The van der Waals surface area contributed by atoms with Crippen LogP contribution in [0.2, 0.25) is 0 Å². The van der Waals surface area contributed by atoms with Gasteiger partial charge in [-0.2, -0.15) is 0 Å². The Hall–Kier alpha value is -2.68. The minimum atomic E-state index is -0.480. The third-order valence-corrected chi connectivity index (χ3v) is 5.08. The van der Waals surface area contributed by atoms with Crippen LogP contribution < -0.4 is 10.9 Å². The fourth-order valence-electron chi connectivity index (χ4n) is 2.87. The van der Waals surface area contributed by atoms with Crippen LogP contribution in [-0.4, -0.2) is 26.6 Å². The molecule has 1 heterocycles. The number of nitro groups is 1. The molecule has 1 aliphatic carbocycles. The number of non-ortho nitro benzene ring substituents is 1. The predicted octanol–water partition coefficient (Wildman–Crippen LogP) is 2.60. The van der Waals surface area contributed by atoms with Gasteiger partial charge in [0.1, 0.15) is 0 Å². The molecule has 0 atom stereocenters. The zero-order chi connectivity index (χ0) is 18.7. The Labute approximate surface area is 153 Å². The van der Waals surface area contributed by atoms with Gasteiger partial charge in [0.2, 0.25) is 5.91 Å². The number of aryl methyl sites for hydroxylation is 2. The number of rotatable bonds is 5. The number of carbonyl (C=O) groups excluding carboxylic acids is 1. The van der Waals surface area contributed by atoms with Gasteiger partial charge in [0.05, 0.1) is 16.4 Å². The molecule has 0 fully saturated rings. The Balaban J connectivity index is 1.64. The minimum Gasteiger partial charge on any atom is -0.325 e. The Morgan fingerprint density at radius 1 is 1.38 bits per heavy atom. The summed E-state index contributed by atoms with van der Waals surface area (Å²) in [6, 6.07) is 4.26. The molecule has 1 aliphatic rings. The van der Waals surface area contributed by atoms with Crippen molar-refractivity contribution in [3.63, 3.8) is 0 Å². The van der Waals surface area contributed by atoms with Crippen molar-refractivity contribution in [1.29, 1.82) is 0 Å². The van der Waals surface area contributed by atoms with Crippen LogP contribution in [0, 0.1) is 17.0 Å². The number of amides is 1. The third kappa shape index (κ3) is 4.10. The Morgan fingerprint density at radius 3 is 2.88 bits per heavy atom. The highest BCUT2D eigenvalue weighted by Crippen LogP contribution is 2.22. The number of fused-ring (bicyclic) bond motifs is 1. The van der Waals surface area contributed by atoms with Crippen molar-refractivity contribution in [1.82, 2.24) is 9.97 Å². The van der Waals surface area contributed by atoms with E-state index < -0.39 is 4.92 Å². The topological polar surface area (TPSA) is 118 Å². The first-order valence-corrected chi connectivity index (χ1v) is 9.22. The fraction of sp³-hybridized carbons (Fsp3) is 0.353. The Kier molecular flexibility index (Phi) is 5.36. The normalized spacial score (nSPS) is 13.1.